The first-order valence-corrected chi connectivity index (χ1v) is 8.91. The second-order valence-electron chi connectivity index (χ2n) is 6.63. The highest BCUT2D eigenvalue weighted by Gasteiger charge is 2.21. The molecule has 0 aliphatic heterocycles. The van der Waals surface area contributed by atoms with Crippen LogP contribution in [-0.4, -0.2) is 17.6 Å². The number of nitrogens with zero attached hydrogens (tertiary/aromatic N) is 1. The van der Waals surface area contributed by atoms with Crippen molar-refractivity contribution in [1.29, 1.82) is 0 Å². The van der Waals surface area contributed by atoms with Crippen LogP contribution in [0.15, 0.2) is 60.7 Å². The Morgan fingerprint density at radius 2 is 1.74 bits per heavy atom. The lowest BCUT2D eigenvalue weighted by atomic mass is 10.1. The van der Waals surface area contributed by atoms with E-state index in [0.717, 1.165) is 27.4 Å². The highest BCUT2D eigenvalue weighted by molar-refractivity contribution is 6.12. The number of para-hydroxylation sites is 1. The van der Waals surface area contributed by atoms with E-state index >= 15 is 0 Å². The number of ether oxygens (including phenoxy) is 2. The SMILES string of the molecule is COc1c(OC(C)=O)cc(C)c2c3ccccc3n(Cc3ccccc3)c12. The van der Waals surface area contributed by atoms with Gasteiger partial charge in [0, 0.05) is 29.8 Å². The number of aromatic nitrogens is 1. The summed E-state index contributed by atoms with van der Waals surface area (Å²) in [7, 11) is 1.61. The first-order valence-electron chi connectivity index (χ1n) is 8.91. The van der Waals surface area contributed by atoms with Gasteiger partial charge in [-0.15, -0.1) is 0 Å². The van der Waals surface area contributed by atoms with Gasteiger partial charge in [-0.1, -0.05) is 48.5 Å². The molecule has 1 heterocycles. The predicted octanol–water partition coefficient (Wildman–Crippen LogP) is 5.09. The molecule has 4 aromatic rings. The van der Waals surface area contributed by atoms with Crippen molar-refractivity contribution in [3.8, 4) is 11.5 Å². The van der Waals surface area contributed by atoms with Crippen molar-refractivity contribution >= 4 is 27.8 Å². The molecule has 0 amide bonds. The number of fused-ring (bicyclic) bond motifs is 3. The minimum absolute atomic E-state index is 0.363. The smallest absolute Gasteiger partial charge is 0.308 e. The third-order valence-corrected chi connectivity index (χ3v) is 4.79. The van der Waals surface area contributed by atoms with Gasteiger partial charge in [0.2, 0.25) is 0 Å². The number of aryl methyl sites for hydroxylation is 1. The highest BCUT2D eigenvalue weighted by atomic mass is 16.6. The third-order valence-electron chi connectivity index (χ3n) is 4.79. The maximum absolute atomic E-state index is 11.6. The fourth-order valence-corrected chi connectivity index (χ4v) is 3.75. The van der Waals surface area contributed by atoms with E-state index in [-0.39, 0.29) is 5.97 Å². The largest absolute Gasteiger partial charge is 0.491 e. The van der Waals surface area contributed by atoms with Crippen molar-refractivity contribution in [3.05, 3.63) is 71.8 Å². The van der Waals surface area contributed by atoms with Crippen molar-refractivity contribution in [2.24, 2.45) is 0 Å². The van der Waals surface area contributed by atoms with Crippen LogP contribution in [0.1, 0.15) is 18.1 Å². The van der Waals surface area contributed by atoms with Gasteiger partial charge >= 0.3 is 5.97 Å². The molecule has 0 atom stereocenters. The Morgan fingerprint density at radius 3 is 2.44 bits per heavy atom. The van der Waals surface area contributed by atoms with E-state index in [1.807, 2.05) is 43.3 Å². The molecule has 0 bridgehead atoms. The summed E-state index contributed by atoms with van der Waals surface area (Å²) in [5.41, 5.74) is 4.30. The standard InChI is InChI=1S/C23H21NO3/c1-15-13-20(27-16(2)25)23(26-3)22-21(15)18-11-7-8-12-19(18)24(22)14-17-9-5-4-6-10-17/h4-13H,14H2,1-3H3. The molecule has 1 aromatic heterocycles. The lowest BCUT2D eigenvalue weighted by Gasteiger charge is -2.14. The molecule has 0 spiro atoms. The molecule has 4 rings (SSSR count). The van der Waals surface area contributed by atoms with Gasteiger partial charge in [-0.25, -0.2) is 0 Å². The average molecular weight is 359 g/mol. The van der Waals surface area contributed by atoms with Gasteiger partial charge in [0.25, 0.3) is 0 Å². The van der Waals surface area contributed by atoms with Crippen molar-refractivity contribution in [3.63, 3.8) is 0 Å². The van der Waals surface area contributed by atoms with Crippen LogP contribution in [0.4, 0.5) is 0 Å². The van der Waals surface area contributed by atoms with E-state index in [0.29, 0.717) is 18.0 Å². The van der Waals surface area contributed by atoms with Crippen LogP contribution in [0.2, 0.25) is 0 Å². The van der Waals surface area contributed by atoms with Crippen LogP contribution < -0.4 is 9.47 Å². The predicted molar refractivity (Wildman–Crippen MR) is 108 cm³/mol. The van der Waals surface area contributed by atoms with Crippen LogP contribution in [0.5, 0.6) is 11.5 Å². The highest BCUT2D eigenvalue weighted by Crippen LogP contribution is 2.43. The van der Waals surface area contributed by atoms with E-state index in [9.17, 15) is 4.79 Å². The Balaban J connectivity index is 2.09. The summed E-state index contributed by atoms with van der Waals surface area (Å²) < 4.78 is 13.4. The van der Waals surface area contributed by atoms with E-state index in [2.05, 4.69) is 28.8 Å². The molecule has 4 nitrogen and oxygen atoms in total. The summed E-state index contributed by atoms with van der Waals surface area (Å²) >= 11 is 0. The van der Waals surface area contributed by atoms with E-state index < -0.39 is 0 Å². The second-order valence-corrected chi connectivity index (χ2v) is 6.63. The monoisotopic (exact) mass is 359 g/mol. The Morgan fingerprint density at radius 1 is 1.04 bits per heavy atom. The number of rotatable bonds is 4. The molecule has 0 fully saturated rings. The van der Waals surface area contributed by atoms with Crippen LogP contribution in [0.25, 0.3) is 21.8 Å². The molecule has 0 N–H and O–H groups in total. The molecule has 0 aliphatic carbocycles. The Bertz CT molecular complexity index is 1140. The van der Waals surface area contributed by atoms with Gasteiger partial charge in [0.05, 0.1) is 12.6 Å². The quantitative estimate of drug-likeness (QED) is 0.377. The minimum Gasteiger partial charge on any atom is -0.491 e. The molecule has 0 unspecified atom stereocenters. The second kappa shape index (κ2) is 6.80. The number of carbonyl (C=O) groups is 1. The summed E-state index contributed by atoms with van der Waals surface area (Å²) in [5, 5.41) is 2.28. The van der Waals surface area contributed by atoms with E-state index in [1.54, 1.807) is 7.11 Å². The van der Waals surface area contributed by atoms with Gasteiger partial charge in [0.1, 0.15) is 0 Å². The van der Waals surface area contributed by atoms with Crippen molar-refractivity contribution in [2.45, 2.75) is 20.4 Å². The topological polar surface area (TPSA) is 40.5 Å². The van der Waals surface area contributed by atoms with Gasteiger partial charge in [-0.05, 0) is 30.2 Å². The molecule has 3 aromatic carbocycles. The van der Waals surface area contributed by atoms with Crippen molar-refractivity contribution in [2.75, 3.05) is 7.11 Å². The van der Waals surface area contributed by atoms with Gasteiger partial charge in [-0.3, -0.25) is 4.79 Å². The number of esters is 1. The fourth-order valence-electron chi connectivity index (χ4n) is 3.75. The Hall–Kier alpha value is -3.27. The number of hydrogen-bond donors (Lipinski definition) is 0. The Kier molecular flexibility index (Phi) is 4.32. The van der Waals surface area contributed by atoms with Gasteiger partial charge in [0.15, 0.2) is 11.5 Å². The molecule has 0 saturated carbocycles. The molecule has 0 aliphatic rings. The first kappa shape index (κ1) is 17.2. The fraction of sp³-hybridized carbons (Fsp3) is 0.174. The summed E-state index contributed by atoms with van der Waals surface area (Å²) in [6.45, 7) is 4.14. The number of methoxy groups -OCH3 is 1. The molecule has 0 saturated heterocycles. The molecule has 4 heteroatoms. The minimum atomic E-state index is -0.363. The zero-order valence-electron chi connectivity index (χ0n) is 15.7. The maximum Gasteiger partial charge on any atom is 0.308 e. The summed E-state index contributed by atoms with van der Waals surface area (Å²) in [4.78, 5) is 11.6. The molecule has 27 heavy (non-hydrogen) atoms. The maximum atomic E-state index is 11.6. The lowest BCUT2D eigenvalue weighted by Crippen LogP contribution is -2.06. The van der Waals surface area contributed by atoms with Crippen LogP contribution in [0, 0.1) is 6.92 Å². The number of carbonyl (C=O) groups excluding carboxylic acids is 1. The Labute approximate surface area is 157 Å². The van der Waals surface area contributed by atoms with Crippen LogP contribution in [-0.2, 0) is 11.3 Å². The van der Waals surface area contributed by atoms with Crippen LogP contribution >= 0.6 is 0 Å². The van der Waals surface area contributed by atoms with Crippen LogP contribution in [0.3, 0.4) is 0 Å². The molecular formula is C23H21NO3. The number of hydrogen-bond acceptors (Lipinski definition) is 3. The normalized spacial score (nSPS) is 11.1. The average Bonchev–Trinajstić information content (AvgIpc) is 2.98. The first-order chi connectivity index (χ1) is 13.1. The third kappa shape index (κ3) is 2.93. The van der Waals surface area contributed by atoms with Crippen molar-refractivity contribution in [1.82, 2.24) is 4.57 Å². The van der Waals surface area contributed by atoms with E-state index in [1.165, 1.54) is 12.5 Å². The van der Waals surface area contributed by atoms with Crippen molar-refractivity contribution < 1.29 is 14.3 Å². The van der Waals surface area contributed by atoms with Gasteiger partial charge in [-0.2, -0.15) is 0 Å². The number of benzene rings is 3. The summed E-state index contributed by atoms with van der Waals surface area (Å²) in [6, 6.07) is 20.5. The van der Waals surface area contributed by atoms with E-state index in [4.69, 9.17) is 9.47 Å². The molecule has 136 valence electrons. The zero-order chi connectivity index (χ0) is 19.0. The summed E-state index contributed by atoms with van der Waals surface area (Å²) in [6.07, 6.45) is 0. The summed E-state index contributed by atoms with van der Waals surface area (Å²) in [5.74, 6) is 0.669. The molecular weight excluding hydrogens is 338 g/mol. The lowest BCUT2D eigenvalue weighted by molar-refractivity contribution is -0.131. The van der Waals surface area contributed by atoms with Gasteiger partial charge < -0.3 is 14.0 Å². The zero-order valence-corrected chi connectivity index (χ0v) is 15.7. The molecule has 0 radical (unpaired) electrons.